The number of nitrogens with zero attached hydrogens (tertiary/aromatic N) is 1. The van der Waals surface area contributed by atoms with E-state index in [0.29, 0.717) is 0 Å². The molecule has 8 aromatic carbocycles. The Labute approximate surface area is 387 Å². The van der Waals surface area contributed by atoms with Gasteiger partial charge in [0.1, 0.15) is 0 Å². The lowest BCUT2D eigenvalue weighted by Crippen LogP contribution is -2.28. The largest absolute Gasteiger partial charge is 0.310 e. The van der Waals surface area contributed by atoms with Crippen LogP contribution in [-0.4, -0.2) is 0 Å². The summed E-state index contributed by atoms with van der Waals surface area (Å²) >= 11 is 0. The highest BCUT2D eigenvalue weighted by molar-refractivity contribution is 5.98. The van der Waals surface area contributed by atoms with E-state index >= 15 is 0 Å². The first-order valence-electron chi connectivity index (χ1n) is 23.7. The molecule has 0 fully saturated rings. The van der Waals surface area contributed by atoms with Crippen LogP contribution in [0.5, 0.6) is 0 Å². The Morgan fingerprint density at radius 2 is 0.692 bits per heavy atom. The minimum Gasteiger partial charge on any atom is -0.310 e. The maximum atomic E-state index is 2.58. The third-order valence-corrected chi connectivity index (χ3v) is 15.2. The number of rotatable bonds is 4. The summed E-state index contributed by atoms with van der Waals surface area (Å²) in [5.74, 6) is 0. The molecular formula is C64H61N. The zero-order valence-electron chi connectivity index (χ0n) is 40.1. The molecule has 322 valence electrons. The van der Waals surface area contributed by atoms with Gasteiger partial charge in [0.2, 0.25) is 0 Å². The summed E-state index contributed by atoms with van der Waals surface area (Å²) in [6, 6.07) is 65.7. The SMILES string of the molecule is CC(C)(C)c1ccc2c(c1)C1(c3cc(N(c4ccc5c(c4)C(C)(C)c4ccccc4-5)c4ccccc4-c4ccccc4)ccc3-2)c2cc(C(C)(C)C)ccc2-c2ccc(C(C)(C)C)cc21. The van der Waals surface area contributed by atoms with Crippen LogP contribution in [-0.2, 0) is 27.1 Å². The topological polar surface area (TPSA) is 3.24 Å². The van der Waals surface area contributed by atoms with Crippen molar-refractivity contribution in [1.29, 1.82) is 0 Å². The zero-order valence-corrected chi connectivity index (χ0v) is 40.1. The van der Waals surface area contributed by atoms with Gasteiger partial charge in [0.25, 0.3) is 0 Å². The third kappa shape index (κ3) is 6.11. The molecule has 0 aliphatic heterocycles. The van der Waals surface area contributed by atoms with Crippen molar-refractivity contribution in [2.75, 3.05) is 4.90 Å². The van der Waals surface area contributed by atoms with Gasteiger partial charge < -0.3 is 4.90 Å². The minimum absolute atomic E-state index is 0.0279. The number of hydrogen-bond acceptors (Lipinski definition) is 1. The van der Waals surface area contributed by atoms with Gasteiger partial charge in [0.05, 0.1) is 11.1 Å². The molecular weight excluding hydrogens is 783 g/mol. The fourth-order valence-corrected chi connectivity index (χ4v) is 11.5. The Balaban J connectivity index is 1.24. The summed E-state index contributed by atoms with van der Waals surface area (Å²) in [6.45, 7) is 26.0. The number of anilines is 3. The van der Waals surface area contributed by atoms with Crippen molar-refractivity contribution >= 4 is 17.1 Å². The molecule has 0 radical (unpaired) electrons. The van der Waals surface area contributed by atoms with Crippen LogP contribution in [0.25, 0.3) is 44.5 Å². The Morgan fingerprint density at radius 1 is 0.323 bits per heavy atom. The van der Waals surface area contributed by atoms with E-state index in [1.807, 2.05) is 0 Å². The van der Waals surface area contributed by atoms with E-state index in [4.69, 9.17) is 0 Å². The number of para-hydroxylation sites is 1. The van der Waals surface area contributed by atoms with Gasteiger partial charge in [-0.1, -0.05) is 216 Å². The third-order valence-electron chi connectivity index (χ3n) is 15.2. The summed E-state index contributed by atoms with van der Waals surface area (Å²) in [4.78, 5) is 2.55. The highest BCUT2D eigenvalue weighted by atomic mass is 15.1. The molecule has 0 atom stereocenters. The van der Waals surface area contributed by atoms with Crippen LogP contribution < -0.4 is 4.90 Å². The molecule has 0 heterocycles. The van der Waals surface area contributed by atoms with Crippen LogP contribution in [0.15, 0.2) is 170 Å². The maximum absolute atomic E-state index is 2.58. The van der Waals surface area contributed by atoms with Gasteiger partial charge >= 0.3 is 0 Å². The second kappa shape index (κ2) is 14.0. The molecule has 0 saturated heterocycles. The first kappa shape index (κ1) is 41.3. The summed E-state index contributed by atoms with van der Waals surface area (Å²) in [5, 5.41) is 0. The molecule has 0 aromatic heterocycles. The van der Waals surface area contributed by atoms with Crippen LogP contribution in [0.1, 0.15) is 126 Å². The number of benzene rings is 8. The van der Waals surface area contributed by atoms with Gasteiger partial charge in [0.15, 0.2) is 0 Å². The van der Waals surface area contributed by atoms with E-state index in [2.05, 4.69) is 251 Å². The number of fused-ring (bicyclic) bond motifs is 13. The van der Waals surface area contributed by atoms with E-state index in [-0.39, 0.29) is 21.7 Å². The normalized spacial score (nSPS) is 14.9. The van der Waals surface area contributed by atoms with Crippen molar-refractivity contribution in [3.63, 3.8) is 0 Å². The molecule has 3 aliphatic carbocycles. The molecule has 0 N–H and O–H groups in total. The maximum Gasteiger partial charge on any atom is 0.0726 e. The molecule has 1 nitrogen and oxygen atoms in total. The van der Waals surface area contributed by atoms with Crippen molar-refractivity contribution in [1.82, 2.24) is 0 Å². The minimum atomic E-state index is -0.540. The van der Waals surface area contributed by atoms with Crippen LogP contribution in [0, 0.1) is 0 Å². The Kier molecular flexibility index (Phi) is 8.91. The molecule has 0 bridgehead atoms. The van der Waals surface area contributed by atoms with E-state index in [1.54, 1.807) is 0 Å². The first-order chi connectivity index (χ1) is 30.9. The molecule has 8 aromatic rings. The van der Waals surface area contributed by atoms with Gasteiger partial charge in [0, 0.05) is 22.4 Å². The van der Waals surface area contributed by atoms with Crippen LogP contribution in [0.2, 0.25) is 0 Å². The van der Waals surface area contributed by atoms with E-state index < -0.39 is 5.41 Å². The average Bonchev–Trinajstić information content (AvgIpc) is 3.83. The molecule has 0 saturated carbocycles. The monoisotopic (exact) mass is 843 g/mol. The summed E-state index contributed by atoms with van der Waals surface area (Å²) in [5.41, 5.74) is 25.4. The van der Waals surface area contributed by atoms with E-state index in [0.717, 1.165) is 17.1 Å². The van der Waals surface area contributed by atoms with Crippen molar-refractivity contribution in [2.45, 2.75) is 103 Å². The quantitative estimate of drug-likeness (QED) is 0.171. The standard InChI is InChI=1S/C64H61N/c1-60(2,3)41-25-30-49-50-31-26-42(61(4,5)6)36-56(50)64(55(49)35-41)57-37-43(62(7,8)9)27-32-51(57)52-34-29-45(39-58(52)64)65(59-24-18-16-21-46(59)40-19-13-12-14-20-40)44-28-33-48-47-22-15-17-23-53(47)63(10,11)54(48)38-44/h12-39H,1-11H3. The summed E-state index contributed by atoms with van der Waals surface area (Å²) < 4.78 is 0. The highest BCUT2D eigenvalue weighted by Gasteiger charge is 2.53. The molecule has 0 amide bonds. The summed E-state index contributed by atoms with van der Waals surface area (Å²) in [7, 11) is 0. The van der Waals surface area contributed by atoms with Crippen LogP contribution in [0.3, 0.4) is 0 Å². The second-order valence-electron chi connectivity index (χ2n) is 22.6. The Hall–Kier alpha value is -6.44. The predicted octanol–water partition coefficient (Wildman–Crippen LogP) is 17.4. The van der Waals surface area contributed by atoms with Crippen molar-refractivity contribution in [2.24, 2.45) is 0 Å². The van der Waals surface area contributed by atoms with Gasteiger partial charge in [-0.2, -0.15) is 0 Å². The average molecular weight is 844 g/mol. The lowest BCUT2D eigenvalue weighted by Gasteiger charge is -2.35. The highest BCUT2D eigenvalue weighted by Crippen LogP contribution is 2.65. The van der Waals surface area contributed by atoms with Crippen molar-refractivity contribution < 1.29 is 0 Å². The Morgan fingerprint density at radius 3 is 1.18 bits per heavy atom. The fourth-order valence-electron chi connectivity index (χ4n) is 11.5. The molecule has 11 rings (SSSR count). The van der Waals surface area contributed by atoms with Gasteiger partial charge in [-0.3, -0.25) is 0 Å². The van der Waals surface area contributed by atoms with Crippen LogP contribution in [0.4, 0.5) is 17.1 Å². The van der Waals surface area contributed by atoms with E-state index in [9.17, 15) is 0 Å². The molecule has 3 aliphatic rings. The smallest absolute Gasteiger partial charge is 0.0726 e. The molecule has 65 heavy (non-hydrogen) atoms. The number of hydrogen-bond donors (Lipinski definition) is 0. The van der Waals surface area contributed by atoms with Crippen molar-refractivity contribution in [3.05, 3.63) is 220 Å². The Bertz CT molecular complexity index is 3130. The lowest BCUT2D eigenvalue weighted by atomic mass is 9.68. The second-order valence-corrected chi connectivity index (χ2v) is 22.6. The predicted molar refractivity (Wildman–Crippen MR) is 277 cm³/mol. The summed E-state index contributed by atoms with van der Waals surface area (Å²) in [6.07, 6.45) is 0. The fraction of sp³-hybridized carbons (Fsp3) is 0.250. The molecule has 0 unspecified atom stereocenters. The van der Waals surface area contributed by atoms with Gasteiger partial charge in [-0.15, -0.1) is 0 Å². The lowest BCUT2D eigenvalue weighted by molar-refractivity contribution is 0.584. The van der Waals surface area contributed by atoms with Crippen molar-refractivity contribution in [3.8, 4) is 44.5 Å². The first-order valence-corrected chi connectivity index (χ1v) is 23.7. The van der Waals surface area contributed by atoms with Gasteiger partial charge in [-0.05, 0) is 136 Å². The van der Waals surface area contributed by atoms with E-state index in [1.165, 1.54) is 94.6 Å². The molecule has 1 heteroatoms. The zero-order chi connectivity index (χ0) is 45.4. The van der Waals surface area contributed by atoms with Crippen LogP contribution >= 0.6 is 0 Å². The van der Waals surface area contributed by atoms with Gasteiger partial charge in [-0.25, -0.2) is 0 Å². The molecule has 1 spiro atoms.